The number of allylic oxidation sites excluding steroid dienone is 1. The molecule has 0 spiro atoms. The van der Waals surface area contributed by atoms with Crippen molar-refractivity contribution in [1.29, 1.82) is 0 Å². The second-order valence-corrected chi connectivity index (χ2v) is 8.86. The molecule has 0 aromatic heterocycles. The number of fused-ring (bicyclic) bond motifs is 1. The summed E-state index contributed by atoms with van der Waals surface area (Å²) in [7, 11) is 5.34. The van der Waals surface area contributed by atoms with E-state index in [0.717, 1.165) is 42.1 Å². The van der Waals surface area contributed by atoms with E-state index in [0.29, 0.717) is 13.1 Å². The Labute approximate surface area is 231 Å². The fourth-order valence-electron chi connectivity index (χ4n) is 4.75. The maximum absolute atomic E-state index is 12.8. The number of rotatable bonds is 9. The van der Waals surface area contributed by atoms with Gasteiger partial charge in [-0.05, 0) is 75.1 Å². The Bertz CT molecular complexity index is 1040. The van der Waals surface area contributed by atoms with Crippen LogP contribution >= 0.6 is 0 Å². The number of amides is 1. The summed E-state index contributed by atoms with van der Waals surface area (Å²) < 4.78 is 11.2. The Morgan fingerprint density at radius 3 is 2.05 bits per heavy atom. The maximum Gasteiger partial charge on any atom is 0.253 e. The lowest BCUT2D eigenvalue weighted by Gasteiger charge is -2.39. The van der Waals surface area contributed by atoms with Crippen LogP contribution in [0, 0.1) is 0 Å². The lowest BCUT2D eigenvalue weighted by Crippen LogP contribution is -2.39. The SMILES string of the molecule is C=C.CC.CCN(CC)C(=O)c1ccc(C2c3cc(OC)c(OC)cc3CCN2CC(NC)=C(C)C)cc1. The average molecular weight is 524 g/mol. The molecule has 3 rings (SSSR count). The van der Waals surface area contributed by atoms with E-state index in [1.165, 1.54) is 22.4 Å². The van der Waals surface area contributed by atoms with E-state index >= 15 is 0 Å². The van der Waals surface area contributed by atoms with Gasteiger partial charge in [-0.3, -0.25) is 9.69 Å². The van der Waals surface area contributed by atoms with Gasteiger partial charge in [0.05, 0.1) is 20.3 Å². The molecule has 2 aromatic rings. The zero-order chi connectivity index (χ0) is 28.8. The van der Waals surface area contributed by atoms with Crippen molar-refractivity contribution in [1.82, 2.24) is 15.1 Å². The van der Waals surface area contributed by atoms with Crippen molar-refractivity contribution in [3.63, 3.8) is 0 Å². The number of methoxy groups -OCH3 is 2. The third-order valence-electron chi connectivity index (χ3n) is 6.76. The minimum Gasteiger partial charge on any atom is -0.493 e. The second-order valence-electron chi connectivity index (χ2n) is 8.86. The Balaban J connectivity index is 0.00000172. The molecule has 1 aliphatic heterocycles. The summed E-state index contributed by atoms with van der Waals surface area (Å²) in [6, 6.07) is 12.4. The first-order chi connectivity index (χ1) is 18.4. The number of hydrogen-bond donors (Lipinski definition) is 1. The molecule has 0 radical (unpaired) electrons. The van der Waals surface area contributed by atoms with Crippen molar-refractivity contribution in [2.45, 2.75) is 54.0 Å². The predicted octanol–water partition coefficient (Wildman–Crippen LogP) is 6.48. The number of hydrogen-bond acceptors (Lipinski definition) is 5. The summed E-state index contributed by atoms with van der Waals surface area (Å²) in [5.41, 5.74) is 6.87. The van der Waals surface area contributed by atoms with Crippen molar-refractivity contribution in [3.05, 3.63) is 83.1 Å². The van der Waals surface area contributed by atoms with Gasteiger partial charge in [-0.15, -0.1) is 13.2 Å². The van der Waals surface area contributed by atoms with Crippen molar-refractivity contribution in [2.75, 3.05) is 47.4 Å². The highest BCUT2D eigenvalue weighted by atomic mass is 16.5. The molecule has 0 bridgehead atoms. The van der Waals surface area contributed by atoms with Crippen LogP contribution in [0.15, 0.2) is 60.8 Å². The molecular formula is C32H49N3O3. The normalized spacial score (nSPS) is 14.0. The maximum atomic E-state index is 12.8. The molecule has 2 aromatic carbocycles. The van der Waals surface area contributed by atoms with Gasteiger partial charge < -0.3 is 19.7 Å². The Morgan fingerprint density at radius 1 is 1.03 bits per heavy atom. The summed E-state index contributed by atoms with van der Waals surface area (Å²) in [6.07, 6.45) is 0.935. The first-order valence-corrected chi connectivity index (χ1v) is 13.6. The molecule has 0 fully saturated rings. The van der Waals surface area contributed by atoms with Crippen LogP contribution in [0.3, 0.4) is 0 Å². The van der Waals surface area contributed by atoms with Gasteiger partial charge in [0, 0.05) is 44.5 Å². The highest BCUT2D eigenvalue weighted by Gasteiger charge is 2.31. The summed E-state index contributed by atoms with van der Waals surface area (Å²) in [6.45, 7) is 21.5. The molecule has 6 heteroatoms. The van der Waals surface area contributed by atoms with Gasteiger partial charge in [-0.25, -0.2) is 0 Å². The van der Waals surface area contributed by atoms with Crippen LogP contribution < -0.4 is 14.8 Å². The molecule has 1 unspecified atom stereocenters. The lowest BCUT2D eigenvalue weighted by atomic mass is 9.87. The first-order valence-electron chi connectivity index (χ1n) is 13.6. The number of ether oxygens (including phenoxy) is 2. The van der Waals surface area contributed by atoms with Crippen molar-refractivity contribution < 1.29 is 14.3 Å². The monoisotopic (exact) mass is 523 g/mol. The van der Waals surface area contributed by atoms with Gasteiger partial charge in [-0.1, -0.05) is 31.6 Å². The zero-order valence-electron chi connectivity index (χ0n) is 25.1. The van der Waals surface area contributed by atoms with Gasteiger partial charge in [-0.2, -0.15) is 0 Å². The number of benzene rings is 2. The van der Waals surface area contributed by atoms with Crippen molar-refractivity contribution >= 4 is 5.91 Å². The van der Waals surface area contributed by atoms with Gasteiger partial charge >= 0.3 is 0 Å². The minimum absolute atomic E-state index is 0.0452. The summed E-state index contributed by atoms with van der Waals surface area (Å²) in [4.78, 5) is 17.2. The molecule has 1 amide bonds. The van der Waals surface area contributed by atoms with Crippen LogP contribution in [0.2, 0.25) is 0 Å². The van der Waals surface area contributed by atoms with E-state index in [4.69, 9.17) is 9.47 Å². The highest BCUT2D eigenvalue weighted by molar-refractivity contribution is 5.94. The number of likely N-dealkylation sites (N-methyl/N-ethyl adjacent to an activating group) is 1. The zero-order valence-corrected chi connectivity index (χ0v) is 25.1. The number of nitrogens with zero attached hydrogens (tertiary/aromatic N) is 2. The van der Waals surface area contributed by atoms with E-state index in [1.807, 2.05) is 51.8 Å². The molecular weight excluding hydrogens is 474 g/mol. The molecule has 38 heavy (non-hydrogen) atoms. The van der Waals surface area contributed by atoms with Crippen molar-refractivity contribution in [2.24, 2.45) is 0 Å². The third-order valence-corrected chi connectivity index (χ3v) is 6.76. The number of carbonyl (C=O) groups excluding carboxylic acids is 1. The molecule has 1 aliphatic rings. The summed E-state index contributed by atoms with van der Waals surface area (Å²) >= 11 is 0. The fraction of sp³-hybridized carbons (Fsp3) is 0.469. The van der Waals surface area contributed by atoms with Gasteiger partial charge in [0.1, 0.15) is 0 Å². The molecule has 0 aliphatic carbocycles. The Hall–Kier alpha value is -3.25. The van der Waals surface area contributed by atoms with Gasteiger partial charge in [0.15, 0.2) is 11.5 Å². The third kappa shape index (κ3) is 7.64. The minimum atomic E-state index is 0.0452. The summed E-state index contributed by atoms with van der Waals surface area (Å²) in [5.74, 6) is 1.57. The van der Waals surface area contributed by atoms with Crippen LogP contribution in [0.5, 0.6) is 11.5 Å². The number of nitrogens with one attached hydrogen (secondary N) is 1. The van der Waals surface area contributed by atoms with Crippen LogP contribution in [-0.2, 0) is 6.42 Å². The van der Waals surface area contributed by atoms with E-state index in [1.54, 1.807) is 14.2 Å². The lowest BCUT2D eigenvalue weighted by molar-refractivity contribution is 0.0773. The molecule has 1 atom stereocenters. The highest BCUT2D eigenvalue weighted by Crippen LogP contribution is 2.41. The van der Waals surface area contributed by atoms with Gasteiger partial charge in [0.2, 0.25) is 0 Å². The molecule has 0 saturated carbocycles. The Morgan fingerprint density at radius 2 is 1.58 bits per heavy atom. The van der Waals surface area contributed by atoms with Crippen LogP contribution in [0.1, 0.15) is 74.6 Å². The second kappa shape index (κ2) is 16.6. The number of carbonyl (C=O) groups is 1. The molecule has 6 nitrogen and oxygen atoms in total. The summed E-state index contributed by atoms with van der Waals surface area (Å²) in [5, 5.41) is 3.38. The largest absolute Gasteiger partial charge is 0.493 e. The van der Waals surface area contributed by atoms with Crippen molar-refractivity contribution in [3.8, 4) is 11.5 Å². The molecule has 210 valence electrons. The smallest absolute Gasteiger partial charge is 0.253 e. The van der Waals surface area contributed by atoms with E-state index in [-0.39, 0.29) is 11.9 Å². The van der Waals surface area contributed by atoms with Gasteiger partial charge in [0.25, 0.3) is 5.91 Å². The molecule has 1 heterocycles. The van der Waals surface area contributed by atoms with Crippen LogP contribution in [0.25, 0.3) is 0 Å². The van der Waals surface area contributed by atoms with E-state index in [9.17, 15) is 4.79 Å². The van der Waals surface area contributed by atoms with Crippen LogP contribution in [0.4, 0.5) is 0 Å². The van der Waals surface area contributed by atoms with E-state index < -0.39 is 0 Å². The molecule has 0 saturated heterocycles. The van der Waals surface area contributed by atoms with E-state index in [2.05, 4.69) is 61.5 Å². The molecule has 1 N–H and O–H groups in total. The predicted molar refractivity (Wildman–Crippen MR) is 160 cm³/mol. The quantitative estimate of drug-likeness (QED) is 0.382. The Kier molecular flexibility index (Phi) is 14.3. The average Bonchev–Trinajstić information content (AvgIpc) is 2.97. The van der Waals surface area contributed by atoms with Crippen LogP contribution in [-0.4, -0.2) is 63.2 Å². The fourth-order valence-corrected chi connectivity index (χ4v) is 4.75. The first kappa shape index (κ1) is 32.8. The standard InChI is InChI=1S/C28H39N3O3.C2H6.C2H4/c1-8-30(9-2)28(32)21-12-10-20(11-13-21)27-23-17-26(34-7)25(33-6)16-22(23)14-15-31(27)18-24(29-5)19(3)4;2*1-2/h10-13,16-17,27,29H,8-9,14-15,18H2,1-7H3;1-2H3;1-2H2. The topological polar surface area (TPSA) is 54.0 Å².